The van der Waals surface area contributed by atoms with Gasteiger partial charge in [-0.3, -0.25) is 0 Å². The molecule has 4 nitrogen and oxygen atoms in total. The molecule has 0 aliphatic rings. The minimum atomic E-state index is -1.08. The highest BCUT2D eigenvalue weighted by Crippen LogP contribution is 2.25. The van der Waals surface area contributed by atoms with Crippen LogP contribution in [0.1, 0.15) is 5.56 Å². The Morgan fingerprint density at radius 3 is 2.63 bits per heavy atom. The third-order valence-electron chi connectivity index (χ3n) is 2.64. The van der Waals surface area contributed by atoms with Gasteiger partial charge in [-0.1, -0.05) is 31.8 Å². The molecule has 0 heterocycles. The van der Waals surface area contributed by atoms with Gasteiger partial charge < -0.3 is 14.6 Å². The Bertz CT molecular complexity index is 449. The molecular weight excluding hydrogens is 258 g/mol. The molecule has 0 saturated heterocycles. The van der Waals surface area contributed by atoms with Gasteiger partial charge in [-0.25, -0.2) is 4.85 Å². The molecule has 1 aromatic rings. The number of aliphatic hydroxyl groups excluding tert-OH is 1. The van der Waals surface area contributed by atoms with E-state index < -0.39 is 8.07 Å². The Labute approximate surface area is 115 Å². The highest BCUT2D eigenvalue weighted by molar-refractivity contribution is 6.76. The van der Waals surface area contributed by atoms with Crippen molar-refractivity contribution >= 4 is 13.8 Å². The second-order valence-electron chi connectivity index (χ2n) is 5.54. The monoisotopic (exact) mass is 279 g/mol. The van der Waals surface area contributed by atoms with E-state index >= 15 is 0 Å². The van der Waals surface area contributed by atoms with Crippen molar-refractivity contribution in [3.8, 4) is 5.75 Å². The summed E-state index contributed by atoms with van der Waals surface area (Å²) in [5.41, 5.74) is 1.16. The molecule has 0 aliphatic heterocycles. The number of nitrogens with zero attached hydrogens (tertiary/aromatic N) is 1. The van der Waals surface area contributed by atoms with E-state index in [9.17, 15) is 5.11 Å². The van der Waals surface area contributed by atoms with Gasteiger partial charge in [-0.15, -0.1) is 0 Å². The van der Waals surface area contributed by atoms with Crippen molar-refractivity contribution in [3.63, 3.8) is 0 Å². The molecule has 0 unspecified atom stereocenters. The maximum Gasteiger partial charge on any atom is 0.190 e. The number of hydrogen-bond acceptors (Lipinski definition) is 3. The van der Waals surface area contributed by atoms with Gasteiger partial charge in [0.15, 0.2) is 12.5 Å². The Hall–Kier alpha value is -1.35. The molecule has 0 atom stereocenters. The summed E-state index contributed by atoms with van der Waals surface area (Å²) in [6.45, 7) is 14.6. The van der Waals surface area contributed by atoms with Crippen LogP contribution < -0.4 is 4.74 Å². The summed E-state index contributed by atoms with van der Waals surface area (Å²) in [5, 5.41) is 9.20. The van der Waals surface area contributed by atoms with Crippen LogP contribution in [0.5, 0.6) is 5.75 Å². The van der Waals surface area contributed by atoms with E-state index in [0.29, 0.717) is 23.6 Å². The van der Waals surface area contributed by atoms with E-state index in [2.05, 4.69) is 24.5 Å². The van der Waals surface area contributed by atoms with Crippen LogP contribution >= 0.6 is 0 Å². The summed E-state index contributed by atoms with van der Waals surface area (Å²) in [6, 6.07) is 6.08. The lowest BCUT2D eigenvalue weighted by molar-refractivity contribution is 0.0209. The van der Waals surface area contributed by atoms with Gasteiger partial charge in [0.2, 0.25) is 0 Å². The zero-order valence-corrected chi connectivity index (χ0v) is 12.8. The summed E-state index contributed by atoms with van der Waals surface area (Å²) >= 11 is 0. The van der Waals surface area contributed by atoms with E-state index in [0.717, 1.165) is 6.04 Å². The molecule has 104 valence electrons. The van der Waals surface area contributed by atoms with E-state index in [1.807, 2.05) is 0 Å². The summed E-state index contributed by atoms with van der Waals surface area (Å²) in [7, 11) is -1.08. The predicted octanol–water partition coefficient (Wildman–Crippen LogP) is 3.42. The Balaban J connectivity index is 2.46. The van der Waals surface area contributed by atoms with Crippen molar-refractivity contribution in [2.24, 2.45) is 0 Å². The van der Waals surface area contributed by atoms with Crippen LogP contribution in [0.3, 0.4) is 0 Å². The molecular formula is C14H21NO3Si. The number of hydrogen-bond donors (Lipinski definition) is 1. The standard InChI is InChI=1S/C14H21NO3Si/c1-15-13-6-5-12(10-16)14(9-13)18-11-17-7-8-19(2,3)4/h5-6,9,16H,7-8,10-11H2,2-4H3. The van der Waals surface area contributed by atoms with Crippen molar-refractivity contribution in [2.75, 3.05) is 13.4 Å². The zero-order valence-electron chi connectivity index (χ0n) is 11.8. The second kappa shape index (κ2) is 7.29. The van der Waals surface area contributed by atoms with Crippen LogP contribution in [0.2, 0.25) is 25.7 Å². The molecule has 0 aromatic heterocycles. The second-order valence-corrected chi connectivity index (χ2v) is 11.2. The topological polar surface area (TPSA) is 43.0 Å². The summed E-state index contributed by atoms with van der Waals surface area (Å²) in [5.74, 6) is 0.518. The molecule has 0 saturated carbocycles. The van der Waals surface area contributed by atoms with E-state index in [1.54, 1.807) is 18.2 Å². The average Bonchev–Trinajstić information content (AvgIpc) is 2.36. The number of ether oxygens (including phenoxy) is 2. The summed E-state index contributed by atoms with van der Waals surface area (Å²) < 4.78 is 10.9. The van der Waals surface area contributed by atoms with Gasteiger partial charge in [-0.2, -0.15) is 0 Å². The van der Waals surface area contributed by atoms with Gasteiger partial charge in [0.25, 0.3) is 0 Å². The normalized spacial score (nSPS) is 11.1. The van der Waals surface area contributed by atoms with Crippen LogP contribution in [0.25, 0.3) is 4.85 Å². The molecule has 1 rings (SSSR count). The van der Waals surface area contributed by atoms with E-state index in [4.69, 9.17) is 16.0 Å². The van der Waals surface area contributed by atoms with Crippen LogP contribution in [-0.2, 0) is 11.3 Å². The lowest BCUT2D eigenvalue weighted by Crippen LogP contribution is -2.22. The fraction of sp³-hybridized carbons (Fsp3) is 0.500. The molecule has 1 N–H and O–H groups in total. The molecule has 19 heavy (non-hydrogen) atoms. The van der Waals surface area contributed by atoms with Crippen LogP contribution in [0, 0.1) is 6.57 Å². The van der Waals surface area contributed by atoms with Gasteiger partial charge in [-0.05, 0) is 12.1 Å². The van der Waals surface area contributed by atoms with Gasteiger partial charge >= 0.3 is 0 Å². The first-order chi connectivity index (χ1) is 8.96. The summed E-state index contributed by atoms with van der Waals surface area (Å²) in [6.07, 6.45) is 0. The lowest BCUT2D eigenvalue weighted by Gasteiger charge is -2.16. The smallest absolute Gasteiger partial charge is 0.190 e. The maximum absolute atomic E-state index is 9.20. The molecule has 0 radical (unpaired) electrons. The van der Waals surface area contributed by atoms with Gasteiger partial charge in [0.05, 0.1) is 13.2 Å². The van der Waals surface area contributed by atoms with Crippen molar-refractivity contribution in [1.82, 2.24) is 0 Å². The van der Waals surface area contributed by atoms with Crippen LogP contribution in [-0.4, -0.2) is 26.6 Å². The van der Waals surface area contributed by atoms with Crippen molar-refractivity contribution in [3.05, 3.63) is 35.2 Å². The molecule has 0 fully saturated rings. The van der Waals surface area contributed by atoms with Gasteiger partial charge in [0, 0.05) is 20.2 Å². The minimum Gasteiger partial charge on any atom is -0.469 e. The number of benzene rings is 1. The quantitative estimate of drug-likeness (QED) is 0.360. The van der Waals surface area contributed by atoms with E-state index in [-0.39, 0.29) is 13.4 Å². The molecule has 1 aromatic carbocycles. The Morgan fingerprint density at radius 1 is 1.32 bits per heavy atom. The minimum absolute atomic E-state index is 0.109. The third-order valence-corrected chi connectivity index (χ3v) is 4.35. The fourth-order valence-corrected chi connectivity index (χ4v) is 2.18. The molecule has 0 aliphatic carbocycles. The number of aliphatic hydroxyl groups is 1. The SMILES string of the molecule is [C-]#[N+]c1ccc(CO)c(OCOCC[Si](C)(C)C)c1. The van der Waals surface area contributed by atoms with Crippen LogP contribution in [0.4, 0.5) is 5.69 Å². The maximum atomic E-state index is 9.20. The first kappa shape index (κ1) is 15.7. The zero-order chi connectivity index (χ0) is 14.3. The van der Waals surface area contributed by atoms with E-state index in [1.165, 1.54) is 0 Å². The Kier molecular flexibility index (Phi) is 6.02. The first-order valence-electron chi connectivity index (χ1n) is 6.28. The Morgan fingerprint density at radius 2 is 2.05 bits per heavy atom. The fourth-order valence-electron chi connectivity index (χ4n) is 1.42. The molecule has 0 bridgehead atoms. The largest absolute Gasteiger partial charge is 0.469 e. The van der Waals surface area contributed by atoms with Crippen molar-refractivity contribution < 1.29 is 14.6 Å². The summed E-state index contributed by atoms with van der Waals surface area (Å²) in [4.78, 5) is 3.34. The van der Waals surface area contributed by atoms with Crippen molar-refractivity contribution in [1.29, 1.82) is 0 Å². The highest BCUT2D eigenvalue weighted by Gasteiger charge is 2.12. The first-order valence-corrected chi connectivity index (χ1v) is 9.99. The third kappa shape index (κ3) is 5.88. The van der Waals surface area contributed by atoms with Crippen LogP contribution in [0.15, 0.2) is 18.2 Å². The number of rotatable bonds is 7. The molecule has 0 amide bonds. The molecule has 5 heteroatoms. The lowest BCUT2D eigenvalue weighted by atomic mass is 10.2. The predicted molar refractivity (Wildman–Crippen MR) is 78.2 cm³/mol. The van der Waals surface area contributed by atoms with Gasteiger partial charge in [0.1, 0.15) is 5.75 Å². The highest BCUT2D eigenvalue weighted by atomic mass is 28.3. The average molecular weight is 279 g/mol. The van der Waals surface area contributed by atoms with Crippen molar-refractivity contribution in [2.45, 2.75) is 32.3 Å². The molecule has 0 spiro atoms.